The van der Waals surface area contributed by atoms with Gasteiger partial charge in [-0.15, -0.1) is 0 Å². The van der Waals surface area contributed by atoms with E-state index in [1.165, 1.54) is 44.6 Å². The van der Waals surface area contributed by atoms with Gasteiger partial charge in [0.1, 0.15) is 13.2 Å². The Bertz CT molecular complexity index is 901. The van der Waals surface area contributed by atoms with Crippen LogP contribution in [0.2, 0.25) is 0 Å². The molecule has 2 aromatic rings. The molecule has 0 bridgehead atoms. The number of rotatable bonds is 6. The van der Waals surface area contributed by atoms with E-state index < -0.39 is 11.9 Å². The lowest BCUT2D eigenvalue weighted by Crippen LogP contribution is -2.16. The number of methoxy groups -OCH3 is 2. The molecule has 0 atom stereocenters. The normalized spacial score (nSPS) is 13.4. The molecule has 28 heavy (non-hydrogen) atoms. The van der Waals surface area contributed by atoms with E-state index in [0.29, 0.717) is 30.5 Å². The Morgan fingerprint density at radius 2 is 1.32 bits per heavy atom. The van der Waals surface area contributed by atoms with Gasteiger partial charge in [-0.05, 0) is 35.4 Å². The van der Waals surface area contributed by atoms with Gasteiger partial charge in [0.05, 0.1) is 25.4 Å². The third-order valence-electron chi connectivity index (χ3n) is 4.18. The topological polar surface area (TPSA) is 112 Å². The van der Waals surface area contributed by atoms with Gasteiger partial charge in [0.25, 0.3) is 0 Å². The van der Waals surface area contributed by atoms with E-state index in [4.69, 9.17) is 18.9 Å². The first kappa shape index (κ1) is 19.1. The molecule has 0 saturated heterocycles. The molecule has 0 fully saturated rings. The highest BCUT2D eigenvalue weighted by molar-refractivity contribution is 6.36. The molecular weight excluding hydrogens is 368 g/mol. The van der Waals surface area contributed by atoms with Crippen molar-refractivity contribution in [3.8, 4) is 23.0 Å². The number of hydrogen-bond acceptors (Lipinski definition) is 6. The zero-order valence-electron chi connectivity index (χ0n) is 15.2. The number of fused-ring (bicyclic) bond motifs is 1. The van der Waals surface area contributed by atoms with Gasteiger partial charge in [-0.3, -0.25) is 0 Å². The molecule has 0 aromatic heterocycles. The van der Waals surface area contributed by atoms with Crippen molar-refractivity contribution in [2.24, 2.45) is 0 Å². The summed E-state index contributed by atoms with van der Waals surface area (Å²) in [5.74, 6) is -1.26. The van der Waals surface area contributed by atoms with Crippen molar-refractivity contribution >= 4 is 23.1 Å². The molecule has 0 unspecified atom stereocenters. The lowest BCUT2D eigenvalue weighted by molar-refractivity contribution is -0.132. The predicted molar refractivity (Wildman–Crippen MR) is 99.1 cm³/mol. The van der Waals surface area contributed by atoms with Crippen LogP contribution in [0.25, 0.3) is 11.1 Å². The van der Waals surface area contributed by atoms with Crippen molar-refractivity contribution in [2.45, 2.75) is 0 Å². The van der Waals surface area contributed by atoms with Gasteiger partial charge in [-0.1, -0.05) is 12.1 Å². The molecule has 8 heteroatoms. The van der Waals surface area contributed by atoms with Gasteiger partial charge in [0, 0.05) is 0 Å². The summed E-state index contributed by atoms with van der Waals surface area (Å²) < 4.78 is 21.3. The standard InChI is InChI=1S/C20H18O8/c1-25-13-5-3-11(9-15(13)26-2)17(19(21)22)18(20(23)24)12-4-6-14-16(10-12)28-8-7-27-14/h3-6,9-10H,7-8H2,1-2H3,(H,21,22)(H,23,24)/b18-17-. The third kappa shape index (κ3) is 3.57. The molecule has 2 N–H and O–H groups in total. The number of carbonyl (C=O) groups is 2. The van der Waals surface area contributed by atoms with Gasteiger partial charge in [0.2, 0.25) is 0 Å². The molecule has 3 rings (SSSR count). The Balaban J connectivity index is 2.22. The summed E-state index contributed by atoms with van der Waals surface area (Å²) in [4.78, 5) is 24.0. The smallest absolute Gasteiger partial charge is 0.337 e. The van der Waals surface area contributed by atoms with E-state index in [-0.39, 0.29) is 28.0 Å². The highest BCUT2D eigenvalue weighted by Gasteiger charge is 2.26. The second kappa shape index (κ2) is 7.91. The highest BCUT2D eigenvalue weighted by atomic mass is 16.6. The highest BCUT2D eigenvalue weighted by Crippen LogP contribution is 2.37. The Morgan fingerprint density at radius 1 is 0.786 bits per heavy atom. The Hall–Kier alpha value is -3.68. The predicted octanol–water partition coefficient (Wildman–Crippen LogP) is 2.56. The monoisotopic (exact) mass is 386 g/mol. The van der Waals surface area contributed by atoms with Crippen LogP contribution in [0.3, 0.4) is 0 Å². The van der Waals surface area contributed by atoms with Crippen LogP contribution in [-0.4, -0.2) is 49.6 Å². The molecule has 0 saturated carbocycles. The van der Waals surface area contributed by atoms with Gasteiger partial charge in [-0.2, -0.15) is 0 Å². The maximum atomic E-state index is 12.0. The number of carboxylic acid groups (broad SMARTS) is 2. The number of ether oxygens (including phenoxy) is 4. The van der Waals surface area contributed by atoms with Crippen LogP contribution in [0.15, 0.2) is 36.4 Å². The van der Waals surface area contributed by atoms with Gasteiger partial charge in [-0.25, -0.2) is 9.59 Å². The molecule has 0 radical (unpaired) electrons. The SMILES string of the molecule is COc1ccc(/C(C(=O)O)=C(/C(=O)O)c2ccc3c(c2)OCCO3)cc1OC. The maximum Gasteiger partial charge on any atom is 0.337 e. The van der Waals surface area contributed by atoms with Crippen molar-refractivity contribution in [1.82, 2.24) is 0 Å². The average Bonchev–Trinajstić information content (AvgIpc) is 2.70. The van der Waals surface area contributed by atoms with Crippen LogP contribution in [-0.2, 0) is 9.59 Å². The maximum absolute atomic E-state index is 12.0. The van der Waals surface area contributed by atoms with Crippen molar-refractivity contribution < 1.29 is 38.7 Å². The minimum Gasteiger partial charge on any atom is -0.493 e. The van der Waals surface area contributed by atoms with E-state index in [2.05, 4.69) is 0 Å². The Kier molecular flexibility index (Phi) is 5.39. The largest absolute Gasteiger partial charge is 0.493 e. The molecule has 0 spiro atoms. The average molecular weight is 386 g/mol. The zero-order chi connectivity index (χ0) is 20.3. The summed E-state index contributed by atoms with van der Waals surface area (Å²) in [7, 11) is 2.86. The third-order valence-corrected chi connectivity index (χ3v) is 4.18. The lowest BCUT2D eigenvalue weighted by Gasteiger charge is -2.19. The van der Waals surface area contributed by atoms with Crippen LogP contribution in [0.5, 0.6) is 23.0 Å². The number of hydrogen-bond donors (Lipinski definition) is 2. The fourth-order valence-corrected chi connectivity index (χ4v) is 2.94. The fourth-order valence-electron chi connectivity index (χ4n) is 2.94. The Labute approximate surface area is 160 Å². The van der Waals surface area contributed by atoms with E-state index in [1.54, 1.807) is 6.07 Å². The molecule has 0 amide bonds. The van der Waals surface area contributed by atoms with Crippen molar-refractivity contribution in [2.75, 3.05) is 27.4 Å². The molecule has 1 heterocycles. The summed E-state index contributed by atoms with van der Waals surface area (Å²) in [5, 5.41) is 19.6. The van der Waals surface area contributed by atoms with Crippen LogP contribution >= 0.6 is 0 Å². The molecule has 1 aliphatic rings. The number of benzene rings is 2. The summed E-state index contributed by atoms with van der Waals surface area (Å²) in [6.45, 7) is 0.712. The van der Waals surface area contributed by atoms with Crippen molar-refractivity contribution in [3.63, 3.8) is 0 Å². The first-order valence-corrected chi connectivity index (χ1v) is 8.29. The minimum atomic E-state index is -1.39. The van der Waals surface area contributed by atoms with E-state index >= 15 is 0 Å². The minimum absolute atomic E-state index is 0.164. The molecule has 1 aliphatic heterocycles. The number of aliphatic carboxylic acids is 2. The second-order valence-corrected chi connectivity index (χ2v) is 5.79. The van der Waals surface area contributed by atoms with Crippen molar-refractivity contribution in [3.05, 3.63) is 47.5 Å². The quantitative estimate of drug-likeness (QED) is 0.576. The van der Waals surface area contributed by atoms with E-state index in [0.717, 1.165) is 0 Å². The lowest BCUT2D eigenvalue weighted by atomic mass is 9.94. The van der Waals surface area contributed by atoms with Gasteiger partial charge in [0.15, 0.2) is 23.0 Å². The van der Waals surface area contributed by atoms with Crippen LogP contribution in [0, 0.1) is 0 Å². The first-order chi connectivity index (χ1) is 13.5. The summed E-state index contributed by atoms with van der Waals surface area (Å²) in [6, 6.07) is 8.90. The Morgan fingerprint density at radius 3 is 1.89 bits per heavy atom. The van der Waals surface area contributed by atoms with Gasteiger partial charge < -0.3 is 29.2 Å². The van der Waals surface area contributed by atoms with Crippen LogP contribution in [0.4, 0.5) is 0 Å². The molecule has 0 aliphatic carbocycles. The summed E-state index contributed by atoms with van der Waals surface area (Å²) in [6.07, 6.45) is 0. The first-order valence-electron chi connectivity index (χ1n) is 8.29. The molecular formula is C20H18O8. The summed E-state index contributed by atoms with van der Waals surface area (Å²) in [5.41, 5.74) is -0.414. The van der Waals surface area contributed by atoms with Crippen LogP contribution in [0.1, 0.15) is 11.1 Å². The summed E-state index contributed by atoms with van der Waals surface area (Å²) >= 11 is 0. The molecule has 146 valence electrons. The van der Waals surface area contributed by atoms with Gasteiger partial charge >= 0.3 is 11.9 Å². The van der Waals surface area contributed by atoms with Crippen LogP contribution < -0.4 is 18.9 Å². The van der Waals surface area contributed by atoms with E-state index in [9.17, 15) is 19.8 Å². The van der Waals surface area contributed by atoms with Crippen molar-refractivity contribution in [1.29, 1.82) is 0 Å². The zero-order valence-corrected chi connectivity index (χ0v) is 15.2. The fraction of sp³-hybridized carbons (Fsp3) is 0.200. The second-order valence-electron chi connectivity index (χ2n) is 5.79. The number of carboxylic acids is 2. The molecule has 2 aromatic carbocycles. The van der Waals surface area contributed by atoms with E-state index in [1.807, 2.05) is 0 Å². The molecule has 8 nitrogen and oxygen atoms in total.